The van der Waals surface area contributed by atoms with E-state index in [0.717, 1.165) is 25.8 Å². The molecule has 0 radical (unpaired) electrons. The van der Waals surface area contributed by atoms with Gasteiger partial charge in [0.25, 0.3) is 5.89 Å². The third kappa shape index (κ3) is 5.47. The normalized spacial score (nSPS) is 15.8. The molecule has 2 heterocycles. The molecule has 8 heteroatoms. The third-order valence-electron chi connectivity index (χ3n) is 3.81. The first-order chi connectivity index (χ1) is 11.2. The summed E-state index contributed by atoms with van der Waals surface area (Å²) in [5.41, 5.74) is 0. The number of piperidine rings is 1. The SMILES string of the molecule is CCCNC(=O)N1CCC(c2noc(COCCOC)n2)CC1. The molecule has 0 saturated carbocycles. The fraction of sp³-hybridized carbons (Fsp3) is 0.800. The van der Waals surface area contributed by atoms with Crippen LogP contribution in [0.5, 0.6) is 0 Å². The van der Waals surface area contributed by atoms with Gasteiger partial charge in [-0.1, -0.05) is 12.1 Å². The topological polar surface area (TPSA) is 89.7 Å². The number of nitrogens with zero attached hydrogens (tertiary/aromatic N) is 3. The molecule has 0 unspecified atom stereocenters. The van der Waals surface area contributed by atoms with Crippen LogP contribution in [0.2, 0.25) is 0 Å². The zero-order valence-electron chi connectivity index (χ0n) is 13.9. The molecule has 1 saturated heterocycles. The van der Waals surface area contributed by atoms with Gasteiger partial charge in [0.1, 0.15) is 6.61 Å². The van der Waals surface area contributed by atoms with Crippen LogP contribution in [0.25, 0.3) is 0 Å². The molecule has 1 aromatic heterocycles. The molecule has 0 aliphatic carbocycles. The number of hydrogen-bond donors (Lipinski definition) is 1. The van der Waals surface area contributed by atoms with Crippen molar-refractivity contribution in [3.8, 4) is 0 Å². The number of carbonyl (C=O) groups is 1. The Labute approximate surface area is 136 Å². The first-order valence-electron chi connectivity index (χ1n) is 8.16. The van der Waals surface area contributed by atoms with E-state index in [2.05, 4.69) is 15.5 Å². The van der Waals surface area contributed by atoms with E-state index < -0.39 is 0 Å². The van der Waals surface area contributed by atoms with Crippen LogP contribution in [0.4, 0.5) is 4.79 Å². The fourth-order valence-corrected chi connectivity index (χ4v) is 2.48. The van der Waals surface area contributed by atoms with Gasteiger partial charge in [-0.2, -0.15) is 4.98 Å². The van der Waals surface area contributed by atoms with Gasteiger partial charge in [-0.15, -0.1) is 0 Å². The van der Waals surface area contributed by atoms with Gasteiger partial charge in [-0.25, -0.2) is 4.79 Å². The number of methoxy groups -OCH3 is 1. The molecule has 0 spiro atoms. The number of nitrogens with one attached hydrogen (secondary N) is 1. The highest BCUT2D eigenvalue weighted by Gasteiger charge is 2.26. The smallest absolute Gasteiger partial charge is 0.317 e. The van der Waals surface area contributed by atoms with Crippen LogP contribution in [0.15, 0.2) is 4.52 Å². The number of carbonyl (C=O) groups excluding carboxylic acids is 1. The summed E-state index contributed by atoms with van der Waals surface area (Å²) in [5, 5.41) is 6.95. The predicted molar refractivity (Wildman–Crippen MR) is 83.1 cm³/mol. The van der Waals surface area contributed by atoms with Crippen LogP contribution >= 0.6 is 0 Å². The minimum Gasteiger partial charge on any atom is -0.382 e. The molecule has 1 aliphatic rings. The van der Waals surface area contributed by atoms with E-state index in [1.807, 2.05) is 11.8 Å². The second-order valence-corrected chi connectivity index (χ2v) is 5.58. The van der Waals surface area contributed by atoms with Gasteiger partial charge in [0.05, 0.1) is 13.2 Å². The summed E-state index contributed by atoms with van der Waals surface area (Å²) in [6.45, 7) is 5.53. The standard InChI is InChI=1S/C15H26N4O4/c1-3-6-16-15(20)19-7-4-12(5-8-19)14-17-13(23-18-14)11-22-10-9-21-2/h12H,3-11H2,1-2H3,(H,16,20). The summed E-state index contributed by atoms with van der Waals surface area (Å²) < 4.78 is 15.5. The highest BCUT2D eigenvalue weighted by Crippen LogP contribution is 2.26. The summed E-state index contributed by atoms with van der Waals surface area (Å²) in [6.07, 6.45) is 2.65. The number of amides is 2. The van der Waals surface area contributed by atoms with Crippen LogP contribution in [-0.4, -0.2) is 61.0 Å². The van der Waals surface area contributed by atoms with Crippen molar-refractivity contribution in [2.75, 3.05) is 40.0 Å². The summed E-state index contributed by atoms with van der Waals surface area (Å²) in [5.74, 6) is 1.44. The Hall–Kier alpha value is -1.67. The van der Waals surface area contributed by atoms with Crippen molar-refractivity contribution in [3.63, 3.8) is 0 Å². The van der Waals surface area contributed by atoms with E-state index >= 15 is 0 Å². The maximum atomic E-state index is 11.9. The fourth-order valence-electron chi connectivity index (χ4n) is 2.48. The molecule has 0 aromatic carbocycles. The molecule has 1 N–H and O–H groups in total. The maximum absolute atomic E-state index is 11.9. The minimum atomic E-state index is 0.0191. The van der Waals surface area contributed by atoms with Crippen LogP contribution < -0.4 is 5.32 Å². The molecule has 1 aliphatic heterocycles. The summed E-state index contributed by atoms with van der Waals surface area (Å²) in [6, 6.07) is 0.0191. The Morgan fingerprint density at radius 2 is 2.17 bits per heavy atom. The first-order valence-corrected chi connectivity index (χ1v) is 8.16. The molecule has 2 amide bonds. The quantitative estimate of drug-likeness (QED) is 0.729. The Morgan fingerprint density at radius 3 is 2.87 bits per heavy atom. The van der Waals surface area contributed by atoms with E-state index in [-0.39, 0.29) is 11.9 Å². The van der Waals surface area contributed by atoms with E-state index in [1.54, 1.807) is 7.11 Å². The lowest BCUT2D eigenvalue weighted by atomic mass is 9.96. The molecule has 1 fully saturated rings. The predicted octanol–water partition coefficient (Wildman–Crippen LogP) is 1.53. The molecule has 2 rings (SSSR count). The summed E-state index contributed by atoms with van der Waals surface area (Å²) in [4.78, 5) is 18.2. The molecule has 130 valence electrons. The molecule has 8 nitrogen and oxygen atoms in total. The van der Waals surface area contributed by atoms with Crippen molar-refractivity contribution in [2.45, 2.75) is 38.7 Å². The molecule has 1 aromatic rings. The number of ether oxygens (including phenoxy) is 2. The molecular weight excluding hydrogens is 300 g/mol. The van der Waals surface area contributed by atoms with Crippen LogP contribution in [0, 0.1) is 0 Å². The zero-order chi connectivity index (χ0) is 16.5. The van der Waals surface area contributed by atoms with E-state index in [9.17, 15) is 4.79 Å². The monoisotopic (exact) mass is 326 g/mol. The highest BCUT2D eigenvalue weighted by molar-refractivity contribution is 5.74. The lowest BCUT2D eigenvalue weighted by molar-refractivity contribution is 0.0494. The second-order valence-electron chi connectivity index (χ2n) is 5.58. The lowest BCUT2D eigenvalue weighted by Crippen LogP contribution is -2.44. The van der Waals surface area contributed by atoms with Crippen molar-refractivity contribution in [2.24, 2.45) is 0 Å². The van der Waals surface area contributed by atoms with Crippen molar-refractivity contribution >= 4 is 6.03 Å². The van der Waals surface area contributed by atoms with Crippen LogP contribution in [0.1, 0.15) is 43.8 Å². The van der Waals surface area contributed by atoms with Gasteiger partial charge in [0, 0.05) is 32.7 Å². The Balaban J connectivity index is 1.74. The highest BCUT2D eigenvalue weighted by atomic mass is 16.5. The van der Waals surface area contributed by atoms with Crippen molar-refractivity contribution in [3.05, 3.63) is 11.7 Å². The number of hydrogen-bond acceptors (Lipinski definition) is 6. The average Bonchev–Trinajstić information content (AvgIpc) is 3.05. The van der Waals surface area contributed by atoms with Gasteiger partial charge in [-0.05, 0) is 19.3 Å². The average molecular weight is 326 g/mol. The molecule has 0 atom stereocenters. The lowest BCUT2D eigenvalue weighted by Gasteiger charge is -2.30. The van der Waals surface area contributed by atoms with Gasteiger partial charge in [0.2, 0.25) is 0 Å². The van der Waals surface area contributed by atoms with Crippen LogP contribution in [0.3, 0.4) is 0 Å². The maximum Gasteiger partial charge on any atom is 0.317 e. The van der Waals surface area contributed by atoms with Crippen molar-refractivity contribution < 1.29 is 18.8 Å². The van der Waals surface area contributed by atoms with Gasteiger partial charge in [0.15, 0.2) is 5.82 Å². The third-order valence-corrected chi connectivity index (χ3v) is 3.81. The molecule has 0 bridgehead atoms. The molecule has 23 heavy (non-hydrogen) atoms. The van der Waals surface area contributed by atoms with Gasteiger partial charge >= 0.3 is 6.03 Å². The first kappa shape index (κ1) is 17.7. The Bertz CT molecular complexity index is 472. The van der Waals surface area contributed by atoms with Crippen LogP contribution in [-0.2, 0) is 16.1 Å². The minimum absolute atomic E-state index is 0.0191. The molecular formula is C15H26N4O4. The van der Waals surface area contributed by atoms with E-state index in [0.29, 0.717) is 44.6 Å². The largest absolute Gasteiger partial charge is 0.382 e. The zero-order valence-corrected chi connectivity index (χ0v) is 13.9. The number of aromatic nitrogens is 2. The van der Waals surface area contributed by atoms with E-state index in [4.69, 9.17) is 14.0 Å². The number of likely N-dealkylation sites (tertiary alicyclic amines) is 1. The van der Waals surface area contributed by atoms with E-state index in [1.165, 1.54) is 0 Å². The Kier molecular flexibility index (Phi) is 7.28. The van der Waals surface area contributed by atoms with Gasteiger partial charge in [-0.3, -0.25) is 0 Å². The van der Waals surface area contributed by atoms with Gasteiger partial charge < -0.3 is 24.2 Å². The van der Waals surface area contributed by atoms with Crippen molar-refractivity contribution in [1.82, 2.24) is 20.4 Å². The summed E-state index contributed by atoms with van der Waals surface area (Å²) >= 11 is 0. The van der Waals surface area contributed by atoms with Crippen molar-refractivity contribution in [1.29, 1.82) is 0 Å². The Morgan fingerprint density at radius 1 is 1.39 bits per heavy atom. The number of urea groups is 1. The second kappa shape index (κ2) is 9.46. The number of rotatable bonds is 8. The summed E-state index contributed by atoms with van der Waals surface area (Å²) in [7, 11) is 1.63.